The lowest BCUT2D eigenvalue weighted by Gasteiger charge is -2.14. The quantitative estimate of drug-likeness (QED) is 0.722. The van der Waals surface area contributed by atoms with Crippen LogP contribution >= 0.6 is 0 Å². The fourth-order valence-electron chi connectivity index (χ4n) is 2.12. The molecule has 1 atom stereocenters. The lowest BCUT2D eigenvalue weighted by Crippen LogP contribution is -2.24. The number of nitrogens with two attached hydrogens (primary N) is 1. The second-order valence-electron chi connectivity index (χ2n) is 4.63. The van der Waals surface area contributed by atoms with Crippen LogP contribution in [0.3, 0.4) is 0 Å². The van der Waals surface area contributed by atoms with Gasteiger partial charge in [0.15, 0.2) is 11.3 Å². The molecule has 0 radical (unpaired) electrons. The van der Waals surface area contributed by atoms with E-state index in [2.05, 4.69) is 24.9 Å². The molecule has 8 nitrogen and oxygen atoms in total. The molecule has 3 rings (SSSR count). The predicted molar refractivity (Wildman–Crippen MR) is 75.6 cm³/mol. The van der Waals surface area contributed by atoms with Crippen molar-refractivity contribution in [2.75, 3.05) is 0 Å². The Morgan fingerprint density at radius 3 is 2.76 bits per heavy atom. The number of pyridine rings is 1. The lowest BCUT2D eigenvalue weighted by atomic mass is 10.1. The summed E-state index contributed by atoms with van der Waals surface area (Å²) in [5.74, 6) is 0. The van der Waals surface area contributed by atoms with Crippen LogP contribution in [0.5, 0.6) is 0 Å². The van der Waals surface area contributed by atoms with Crippen LogP contribution in [-0.4, -0.2) is 33.3 Å². The third kappa shape index (κ3) is 2.60. The first kappa shape index (κ1) is 13.6. The maximum atomic E-state index is 12.0. The van der Waals surface area contributed by atoms with Gasteiger partial charge in [0.05, 0.1) is 18.2 Å². The van der Waals surface area contributed by atoms with E-state index in [1.807, 2.05) is 6.92 Å². The molecular formula is C12H12N6O2S. The minimum atomic E-state index is -3.92. The normalized spacial score (nSPS) is 13.4. The maximum absolute atomic E-state index is 12.0. The summed E-state index contributed by atoms with van der Waals surface area (Å²) in [4.78, 5) is 19.1. The zero-order chi connectivity index (χ0) is 15.0. The van der Waals surface area contributed by atoms with Gasteiger partial charge in [-0.3, -0.25) is 4.98 Å². The maximum Gasteiger partial charge on any atom is 0.222 e. The van der Waals surface area contributed by atoms with Gasteiger partial charge < -0.3 is 4.98 Å². The van der Waals surface area contributed by atoms with Gasteiger partial charge in [0.1, 0.15) is 5.25 Å². The Bertz CT molecular complexity index is 905. The van der Waals surface area contributed by atoms with Crippen LogP contribution < -0.4 is 5.14 Å². The summed E-state index contributed by atoms with van der Waals surface area (Å²) in [5, 5.41) is 4.24. The van der Waals surface area contributed by atoms with E-state index in [9.17, 15) is 8.42 Å². The third-order valence-corrected chi connectivity index (χ3v) is 4.13. The molecule has 0 spiro atoms. The van der Waals surface area contributed by atoms with Gasteiger partial charge in [-0.2, -0.15) is 0 Å². The van der Waals surface area contributed by atoms with Gasteiger partial charge in [0, 0.05) is 12.4 Å². The number of nitrogens with zero attached hydrogens (tertiary/aromatic N) is 4. The van der Waals surface area contributed by atoms with Crippen LogP contribution in [-0.2, 0) is 10.0 Å². The number of hydrogen-bond donors (Lipinski definition) is 2. The number of imidazole rings is 1. The molecular weight excluding hydrogens is 292 g/mol. The highest BCUT2D eigenvalue weighted by atomic mass is 32.2. The van der Waals surface area contributed by atoms with Crippen molar-refractivity contribution in [3.63, 3.8) is 0 Å². The van der Waals surface area contributed by atoms with Crippen LogP contribution in [0, 0.1) is 6.92 Å². The van der Waals surface area contributed by atoms with Crippen LogP contribution in [0.4, 0.5) is 0 Å². The average Bonchev–Trinajstić information content (AvgIpc) is 2.84. The number of nitrogens with one attached hydrogen (secondary N) is 1. The number of hydrogen-bond acceptors (Lipinski definition) is 6. The predicted octanol–water partition coefficient (Wildman–Crippen LogP) is 0.434. The molecule has 3 aromatic heterocycles. The van der Waals surface area contributed by atoms with Crippen molar-refractivity contribution in [3.05, 3.63) is 47.8 Å². The fraction of sp³-hybridized carbons (Fsp3) is 0.167. The van der Waals surface area contributed by atoms with E-state index in [1.54, 1.807) is 12.3 Å². The van der Waals surface area contributed by atoms with E-state index in [0.29, 0.717) is 16.9 Å². The van der Waals surface area contributed by atoms with Crippen molar-refractivity contribution >= 4 is 21.3 Å². The molecule has 0 saturated heterocycles. The third-order valence-electron chi connectivity index (χ3n) is 2.96. The Morgan fingerprint density at radius 1 is 1.24 bits per heavy atom. The molecule has 0 fully saturated rings. The number of aryl methyl sites for hydroxylation is 1. The minimum absolute atomic E-state index is 0.224. The number of aromatic amines is 1. The van der Waals surface area contributed by atoms with E-state index in [-0.39, 0.29) is 5.69 Å². The first-order valence-electron chi connectivity index (χ1n) is 6.04. The highest BCUT2D eigenvalue weighted by Gasteiger charge is 2.28. The summed E-state index contributed by atoms with van der Waals surface area (Å²) in [6, 6.07) is 1.71. The second-order valence-corrected chi connectivity index (χ2v) is 6.28. The molecule has 21 heavy (non-hydrogen) atoms. The largest absolute Gasteiger partial charge is 0.328 e. The Hall–Kier alpha value is -2.39. The molecule has 3 aromatic rings. The Morgan fingerprint density at radius 2 is 2.05 bits per heavy atom. The highest BCUT2D eigenvalue weighted by Crippen LogP contribution is 2.27. The number of fused-ring (bicyclic) bond motifs is 1. The first-order chi connectivity index (χ1) is 9.95. The summed E-state index contributed by atoms with van der Waals surface area (Å²) in [5.41, 5.74) is 2.32. The van der Waals surface area contributed by atoms with Crippen LogP contribution in [0.25, 0.3) is 11.3 Å². The standard InChI is InChI=1S/C12H12N6O2S/c1-7-2-8(4-14-3-7)10(21(13,19)20)9-5-15-11-12(18-9)17-6-16-11/h2-6,10H,1H3,(H2,13,19,20)(H,15,16,17,18). The monoisotopic (exact) mass is 304 g/mol. The molecule has 0 aliphatic carbocycles. The van der Waals surface area contributed by atoms with E-state index < -0.39 is 15.3 Å². The van der Waals surface area contributed by atoms with Crippen LogP contribution in [0.1, 0.15) is 22.1 Å². The molecule has 3 heterocycles. The highest BCUT2D eigenvalue weighted by molar-refractivity contribution is 7.89. The van der Waals surface area contributed by atoms with Crippen LogP contribution in [0.15, 0.2) is 31.0 Å². The van der Waals surface area contributed by atoms with Gasteiger partial charge in [-0.25, -0.2) is 28.5 Å². The van der Waals surface area contributed by atoms with Gasteiger partial charge in [0.2, 0.25) is 10.0 Å². The number of rotatable bonds is 3. The molecule has 0 aliphatic heterocycles. The number of aromatic nitrogens is 5. The topological polar surface area (TPSA) is 128 Å². The molecule has 0 aliphatic rings. The average molecular weight is 304 g/mol. The van der Waals surface area contributed by atoms with Gasteiger partial charge in [0.25, 0.3) is 0 Å². The van der Waals surface area contributed by atoms with Gasteiger partial charge in [-0.1, -0.05) is 6.07 Å². The molecule has 0 aromatic carbocycles. The molecule has 0 amide bonds. The lowest BCUT2D eigenvalue weighted by molar-refractivity contribution is 0.589. The molecule has 1 unspecified atom stereocenters. The zero-order valence-electron chi connectivity index (χ0n) is 11.1. The van der Waals surface area contributed by atoms with Crippen molar-refractivity contribution in [2.24, 2.45) is 5.14 Å². The summed E-state index contributed by atoms with van der Waals surface area (Å²) in [7, 11) is -3.92. The molecule has 3 N–H and O–H groups in total. The molecule has 108 valence electrons. The van der Waals surface area contributed by atoms with Gasteiger partial charge >= 0.3 is 0 Å². The number of sulfonamides is 1. The smallest absolute Gasteiger partial charge is 0.222 e. The number of primary sulfonamides is 1. The SMILES string of the molecule is Cc1cncc(C(c2cnc3nc[nH]c3n2)S(N)(=O)=O)c1. The summed E-state index contributed by atoms with van der Waals surface area (Å²) in [6.07, 6.45) is 5.89. The molecule has 9 heteroatoms. The number of H-pyrrole nitrogens is 1. The van der Waals surface area contributed by atoms with Crippen LogP contribution in [0.2, 0.25) is 0 Å². The van der Waals surface area contributed by atoms with Gasteiger partial charge in [-0.15, -0.1) is 0 Å². The Labute approximate surface area is 120 Å². The van der Waals surface area contributed by atoms with E-state index in [1.165, 1.54) is 18.7 Å². The summed E-state index contributed by atoms with van der Waals surface area (Å²) < 4.78 is 23.9. The minimum Gasteiger partial charge on any atom is -0.328 e. The van der Waals surface area contributed by atoms with Crippen molar-refractivity contribution in [1.82, 2.24) is 24.9 Å². The molecule has 0 bridgehead atoms. The summed E-state index contributed by atoms with van der Waals surface area (Å²) in [6.45, 7) is 1.82. The van der Waals surface area contributed by atoms with Crippen molar-refractivity contribution in [2.45, 2.75) is 12.2 Å². The zero-order valence-corrected chi connectivity index (χ0v) is 11.9. The second kappa shape index (κ2) is 4.86. The van der Waals surface area contributed by atoms with Gasteiger partial charge in [-0.05, 0) is 18.1 Å². The fourth-order valence-corrected chi connectivity index (χ4v) is 3.08. The van der Waals surface area contributed by atoms with E-state index in [4.69, 9.17) is 5.14 Å². The van der Waals surface area contributed by atoms with E-state index >= 15 is 0 Å². The van der Waals surface area contributed by atoms with E-state index in [0.717, 1.165) is 5.56 Å². The Kier molecular flexibility index (Phi) is 3.15. The van der Waals surface area contributed by atoms with Crippen molar-refractivity contribution < 1.29 is 8.42 Å². The molecule has 0 saturated carbocycles. The van der Waals surface area contributed by atoms with Crippen molar-refractivity contribution in [1.29, 1.82) is 0 Å². The Balaban J connectivity index is 2.20. The van der Waals surface area contributed by atoms with Crippen molar-refractivity contribution in [3.8, 4) is 0 Å². The summed E-state index contributed by atoms with van der Waals surface area (Å²) >= 11 is 0. The first-order valence-corrected chi connectivity index (χ1v) is 7.65.